The average molecular weight is 215 g/mol. The SMILES string of the molecule is C=Cc1sc2c(N)cccc2c1/C=C\C. The Kier molecular flexibility index (Phi) is 2.60. The highest BCUT2D eigenvalue weighted by molar-refractivity contribution is 7.20. The number of rotatable bonds is 2. The van der Waals surface area contributed by atoms with E-state index < -0.39 is 0 Å². The lowest BCUT2D eigenvalue weighted by Crippen LogP contribution is -1.82. The standard InChI is InChI=1S/C13H13NS/c1-3-6-9-10-7-5-8-11(14)13(10)15-12(9)4-2/h3-8H,2,14H2,1H3/b6-3-. The van der Waals surface area contributed by atoms with Gasteiger partial charge in [-0.1, -0.05) is 36.9 Å². The van der Waals surface area contributed by atoms with Crippen LogP contribution in [-0.2, 0) is 0 Å². The first kappa shape index (κ1) is 9.99. The Morgan fingerprint density at radius 2 is 2.20 bits per heavy atom. The number of hydrogen-bond acceptors (Lipinski definition) is 2. The van der Waals surface area contributed by atoms with E-state index in [1.807, 2.05) is 31.2 Å². The van der Waals surface area contributed by atoms with E-state index in [2.05, 4.69) is 18.7 Å². The number of hydrogen-bond donors (Lipinski definition) is 1. The fraction of sp³-hybridized carbons (Fsp3) is 0.0769. The second-order valence-corrected chi connectivity index (χ2v) is 4.36. The first-order valence-corrected chi connectivity index (χ1v) is 5.65. The monoisotopic (exact) mass is 215 g/mol. The number of benzene rings is 1. The van der Waals surface area contributed by atoms with E-state index in [-0.39, 0.29) is 0 Å². The van der Waals surface area contributed by atoms with Gasteiger partial charge in [0.2, 0.25) is 0 Å². The van der Waals surface area contributed by atoms with Crippen molar-refractivity contribution in [3.05, 3.63) is 41.3 Å². The summed E-state index contributed by atoms with van der Waals surface area (Å²) in [6, 6.07) is 6.03. The second kappa shape index (κ2) is 3.91. The van der Waals surface area contributed by atoms with Crippen LogP contribution in [0.15, 0.2) is 30.9 Å². The van der Waals surface area contributed by atoms with Gasteiger partial charge in [0.25, 0.3) is 0 Å². The summed E-state index contributed by atoms with van der Waals surface area (Å²) in [7, 11) is 0. The van der Waals surface area contributed by atoms with E-state index in [4.69, 9.17) is 5.73 Å². The second-order valence-electron chi connectivity index (χ2n) is 3.31. The summed E-state index contributed by atoms with van der Waals surface area (Å²) in [5.74, 6) is 0. The third-order valence-corrected chi connectivity index (χ3v) is 3.60. The quantitative estimate of drug-likeness (QED) is 0.748. The van der Waals surface area contributed by atoms with Crippen molar-refractivity contribution in [2.24, 2.45) is 0 Å². The summed E-state index contributed by atoms with van der Waals surface area (Å²) in [5, 5.41) is 1.22. The summed E-state index contributed by atoms with van der Waals surface area (Å²) in [6.45, 7) is 5.85. The first-order valence-electron chi connectivity index (χ1n) is 4.84. The molecular formula is C13H13NS. The van der Waals surface area contributed by atoms with Crippen LogP contribution < -0.4 is 5.73 Å². The summed E-state index contributed by atoms with van der Waals surface area (Å²) in [5.41, 5.74) is 8.01. The van der Waals surface area contributed by atoms with Crippen molar-refractivity contribution in [3.63, 3.8) is 0 Å². The normalized spacial score (nSPS) is 11.3. The van der Waals surface area contributed by atoms with E-state index in [0.717, 1.165) is 10.4 Å². The maximum Gasteiger partial charge on any atom is 0.0584 e. The largest absolute Gasteiger partial charge is 0.398 e. The van der Waals surface area contributed by atoms with Crippen molar-refractivity contribution in [2.45, 2.75) is 6.92 Å². The maximum absolute atomic E-state index is 5.94. The van der Waals surface area contributed by atoms with E-state index in [1.165, 1.54) is 15.8 Å². The van der Waals surface area contributed by atoms with Gasteiger partial charge in [-0.05, 0) is 13.0 Å². The molecule has 0 unspecified atom stereocenters. The molecule has 0 saturated carbocycles. The molecule has 1 aromatic heterocycles. The van der Waals surface area contributed by atoms with Crippen molar-refractivity contribution < 1.29 is 0 Å². The zero-order valence-electron chi connectivity index (χ0n) is 8.66. The molecule has 15 heavy (non-hydrogen) atoms. The van der Waals surface area contributed by atoms with E-state index >= 15 is 0 Å². The van der Waals surface area contributed by atoms with Crippen LogP contribution >= 0.6 is 11.3 Å². The van der Waals surface area contributed by atoms with Gasteiger partial charge in [-0.2, -0.15) is 0 Å². The van der Waals surface area contributed by atoms with Gasteiger partial charge in [0.15, 0.2) is 0 Å². The molecule has 2 rings (SSSR count). The fourth-order valence-electron chi connectivity index (χ4n) is 1.67. The van der Waals surface area contributed by atoms with Gasteiger partial charge in [-0.15, -0.1) is 11.3 Å². The van der Waals surface area contributed by atoms with E-state index in [1.54, 1.807) is 11.3 Å². The number of fused-ring (bicyclic) bond motifs is 1. The lowest BCUT2D eigenvalue weighted by atomic mass is 10.1. The van der Waals surface area contributed by atoms with Crippen molar-refractivity contribution in [1.82, 2.24) is 0 Å². The number of thiophene rings is 1. The van der Waals surface area contributed by atoms with Crippen LogP contribution in [0.3, 0.4) is 0 Å². The topological polar surface area (TPSA) is 26.0 Å². The molecule has 0 spiro atoms. The number of nitrogens with two attached hydrogens (primary N) is 1. The molecule has 2 N–H and O–H groups in total. The summed E-state index contributed by atoms with van der Waals surface area (Å²) in [4.78, 5) is 1.18. The minimum absolute atomic E-state index is 0.844. The zero-order chi connectivity index (χ0) is 10.8. The number of allylic oxidation sites excluding steroid dienone is 1. The lowest BCUT2D eigenvalue weighted by molar-refractivity contribution is 1.75. The molecule has 1 nitrogen and oxygen atoms in total. The molecule has 0 aliphatic rings. The van der Waals surface area contributed by atoms with Crippen LogP contribution in [0.25, 0.3) is 22.2 Å². The molecule has 1 heterocycles. The Morgan fingerprint density at radius 3 is 2.87 bits per heavy atom. The molecule has 0 fully saturated rings. The smallest absolute Gasteiger partial charge is 0.0584 e. The van der Waals surface area contributed by atoms with Crippen molar-refractivity contribution in [2.75, 3.05) is 5.73 Å². The highest BCUT2D eigenvalue weighted by Crippen LogP contribution is 2.36. The Bertz CT molecular complexity index is 535. The highest BCUT2D eigenvalue weighted by atomic mass is 32.1. The molecule has 0 aliphatic carbocycles. The van der Waals surface area contributed by atoms with Gasteiger partial charge in [0.05, 0.1) is 4.70 Å². The Labute approximate surface area is 93.5 Å². The predicted octanol–water partition coefficient (Wildman–Crippen LogP) is 4.16. The minimum Gasteiger partial charge on any atom is -0.398 e. The van der Waals surface area contributed by atoms with E-state index in [0.29, 0.717) is 0 Å². The molecule has 2 aromatic rings. The van der Waals surface area contributed by atoms with Gasteiger partial charge < -0.3 is 5.73 Å². The summed E-state index contributed by atoms with van der Waals surface area (Å²) in [6.07, 6.45) is 6.03. The van der Waals surface area contributed by atoms with Crippen LogP contribution in [0.1, 0.15) is 17.4 Å². The lowest BCUT2D eigenvalue weighted by Gasteiger charge is -1.95. The van der Waals surface area contributed by atoms with Crippen molar-refractivity contribution in [1.29, 1.82) is 0 Å². The molecule has 0 bridgehead atoms. The minimum atomic E-state index is 0.844. The van der Waals surface area contributed by atoms with Gasteiger partial charge in [-0.25, -0.2) is 0 Å². The average Bonchev–Trinajstić information content (AvgIpc) is 2.59. The zero-order valence-corrected chi connectivity index (χ0v) is 9.47. The van der Waals surface area contributed by atoms with Crippen LogP contribution in [-0.4, -0.2) is 0 Å². The summed E-state index contributed by atoms with van der Waals surface area (Å²) < 4.78 is 1.15. The van der Waals surface area contributed by atoms with Crippen LogP contribution in [0, 0.1) is 0 Å². The molecule has 0 saturated heterocycles. The molecule has 0 aliphatic heterocycles. The van der Waals surface area contributed by atoms with Crippen LogP contribution in [0.2, 0.25) is 0 Å². The van der Waals surface area contributed by atoms with Gasteiger partial charge >= 0.3 is 0 Å². The highest BCUT2D eigenvalue weighted by Gasteiger charge is 2.08. The van der Waals surface area contributed by atoms with Crippen molar-refractivity contribution >= 4 is 39.3 Å². The maximum atomic E-state index is 5.94. The molecule has 76 valence electrons. The van der Waals surface area contributed by atoms with Gasteiger partial charge in [0, 0.05) is 21.5 Å². The Balaban J connectivity index is 2.85. The molecule has 1 aromatic carbocycles. The molecule has 0 atom stereocenters. The summed E-state index contributed by atoms with van der Waals surface area (Å²) >= 11 is 1.70. The first-order chi connectivity index (χ1) is 7.27. The van der Waals surface area contributed by atoms with Crippen LogP contribution in [0.4, 0.5) is 5.69 Å². The molecular weight excluding hydrogens is 202 g/mol. The fourth-order valence-corrected chi connectivity index (χ4v) is 2.73. The Morgan fingerprint density at radius 1 is 1.40 bits per heavy atom. The molecule has 0 radical (unpaired) electrons. The van der Waals surface area contributed by atoms with E-state index in [9.17, 15) is 0 Å². The Hall–Kier alpha value is -1.54. The molecule has 2 heteroatoms. The number of nitrogen functional groups attached to an aromatic ring is 1. The number of anilines is 1. The predicted molar refractivity (Wildman–Crippen MR) is 71.0 cm³/mol. The van der Waals surface area contributed by atoms with Gasteiger partial charge in [-0.3, -0.25) is 0 Å². The van der Waals surface area contributed by atoms with Gasteiger partial charge in [0.1, 0.15) is 0 Å². The third kappa shape index (κ3) is 1.57. The molecule has 0 amide bonds. The van der Waals surface area contributed by atoms with Crippen molar-refractivity contribution in [3.8, 4) is 0 Å². The third-order valence-electron chi connectivity index (χ3n) is 2.33. The van der Waals surface area contributed by atoms with Crippen LogP contribution in [0.5, 0.6) is 0 Å².